The Kier molecular flexibility index (Phi) is 5.69. The van der Waals surface area contributed by atoms with Crippen LogP contribution in [-0.4, -0.2) is 25.0 Å². The predicted molar refractivity (Wildman–Crippen MR) is 62.7 cm³/mol. The third-order valence-electron chi connectivity index (χ3n) is 3.32. The number of rotatable bonds is 5. The number of nitrogens with one attached hydrogen (secondary N) is 2. The normalized spacial score (nSPS) is 19.9. The largest absolute Gasteiger partial charge is 0.355 e. The minimum Gasteiger partial charge on any atom is -0.355 e. The van der Waals surface area contributed by atoms with Crippen LogP contribution in [0.15, 0.2) is 0 Å². The Morgan fingerprint density at radius 2 is 1.93 bits per heavy atom. The van der Waals surface area contributed by atoms with Crippen LogP contribution >= 0.6 is 0 Å². The molecule has 1 saturated carbocycles. The van der Waals surface area contributed by atoms with E-state index in [-0.39, 0.29) is 5.91 Å². The molecule has 88 valence electrons. The van der Waals surface area contributed by atoms with Crippen molar-refractivity contribution in [1.82, 2.24) is 10.6 Å². The first kappa shape index (κ1) is 12.5. The topological polar surface area (TPSA) is 41.1 Å². The first-order valence-electron chi connectivity index (χ1n) is 6.18. The van der Waals surface area contributed by atoms with Crippen LogP contribution in [0.5, 0.6) is 0 Å². The molecule has 0 aromatic carbocycles. The molecule has 2 N–H and O–H groups in total. The SMILES string of the molecule is CC(=O)NCCN[C@H](C)C1CCCCC1. The van der Waals surface area contributed by atoms with Gasteiger partial charge >= 0.3 is 0 Å². The van der Waals surface area contributed by atoms with Crippen molar-refractivity contribution in [2.45, 2.75) is 52.0 Å². The van der Waals surface area contributed by atoms with E-state index < -0.39 is 0 Å². The van der Waals surface area contributed by atoms with Crippen molar-refractivity contribution in [1.29, 1.82) is 0 Å². The van der Waals surface area contributed by atoms with Crippen LogP contribution in [0.4, 0.5) is 0 Å². The molecule has 0 spiro atoms. The summed E-state index contributed by atoms with van der Waals surface area (Å²) >= 11 is 0. The van der Waals surface area contributed by atoms with Crippen LogP contribution in [0, 0.1) is 5.92 Å². The highest BCUT2D eigenvalue weighted by atomic mass is 16.1. The highest BCUT2D eigenvalue weighted by Crippen LogP contribution is 2.26. The average Bonchev–Trinajstić information content (AvgIpc) is 2.25. The van der Waals surface area contributed by atoms with E-state index in [0.29, 0.717) is 6.04 Å². The third-order valence-corrected chi connectivity index (χ3v) is 3.32. The Balaban J connectivity index is 2.06. The lowest BCUT2D eigenvalue weighted by atomic mass is 9.84. The van der Waals surface area contributed by atoms with Crippen LogP contribution in [0.2, 0.25) is 0 Å². The zero-order valence-corrected chi connectivity index (χ0v) is 10.0. The lowest BCUT2D eigenvalue weighted by Gasteiger charge is -2.28. The van der Waals surface area contributed by atoms with Gasteiger partial charge in [0.2, 0.25) is 5.91 Å². The van der Waals surface area contributed by atoms with Crippen molar-refractivity contribution in [3.05, 3.63) is 0 Å². The fourth-order valence-corrected chi connectivity index (χ4v) is 2.34. The van der Waals surface area contributed by atoms with E-state index in [1.807, 2.05) is 0 Å². The van der Waals surface area contributed by atoms with E-state index in [0.717, 1.165) is 19.0 Å². The summed E-state index contributed by atoms with van der Waals surface area (Å²) in [5.41, 5.74) is 0. The summed E-state index contributed by atoms with van der Waals surface area (Å²) in [4.78, 5) is 10.7. The highest BCUT2D eigenvalue weighted by molar-refractivity contribution is 5.72. The molecule has 0 unspecified atom stereocenters. The summed E-state index contributed by atoms with van der Waals surface area (Å²) in [5.74, 6) is 0.901. The van der Waals surface area contributed by atoms with E-state index in [9.17, 15) is 4.79 Å². The Morgan fingerprint density at radius 3 is 2.53 bits per heavy atom. The van der Waals surface area contributed by atoms with E-state index >= 15 is 0 Å². The zero-order chi connectivity index (χ0) is 11.1. The van der Waals surface area contributed by atoms with Crippen LogP contribution in [0.1, 0.15) is 46.0 Å². The summed E-state index contributed by atoms with van der Waals surface area (Å²) in [6.07, 6.45) is 6.93. The van der Waals surface area contributed by atoms with Gasteiger partial charge in [-0.25, -0.2) is 0 Å². The van der Waals surface area contributed by atoms with Crippen molar-refractivity contribution in [3.8, 4) is 0 Å². The summed E-state index contributed by atoms with van der Waals surface area (Å²) in [5, 5.41) is 6.30. The minimum absolute atomic E-state index is 0.0575. The quantitative estimate of drug-likeness (QED) is 0.681. The van der Waals surface area contributed by atoms with Crippen molar-refractivity contribution in [2.24, 2.45) is 5.92 Å². The molecule has 3 heteroatoms. The second-order valence-corrected chi connectivity index (χ2v) is 4.62. The Morgan fingerprint density at radius 1 is 1.27 bits per heavy atom. The van der Waals surface area contributed by atoms with E-state index in [1.54, 1.807) is 6.92 Å². The highest BCUT2D eigenvalue weighted by Gasteiger charge is 2.18. The summed E-state index contributed by atoms with van der Waals surface area (Å²) in [6.45, 7) is 5.46. The maximum absolute atomic E-state index is 10.7. The van der Waals surface area contributed by atoms with E-state index in [4.69, 9.17) is 0 Å². The van der Waals surface area contributed by atoms with Gasteiger partial charge in [-0.2, -0.15) is 0 Å². The number of amides is 1. The number of carbonyl (C=O) groups excluding carboxylic acids is 1. The molecular weight excluding hydrogens is 188 g/mol. The van der Waals surface area contributed by atoms with Gasteiger partial charge in [0.1, 0.15) is 0 Å². The fraction of sp³-hybridized carbons (Fsp3) is 0.917. The van der Waals surface area contributed by atoms with Gasteiger partial charge in [0.15, 0.2) is 0 Å². The van der Waals surface area contributed by atoms with Gasteiger partial charge < -0.3 is 10.6 Å². The molecule has 1 fully saturated rings. The second kappa shape index (κ2) is 6.83. The molecule has 15 heavy (non-hydrogen) atoms. The lowest BCUT2D eigenvalue weighted by Crippen LogP contribution is -2.39. The van der Waals surface area contributed by atoms with Crippen LogP contribution < -0.4 is 10.6 Å². The third kappa shape index (κ3) is 5.17. The van der Waals surface area contributed by atoms with E-state index in [2.05, 4.69) is 17.6 Å². The second-order valence-electron chi connectivity index (χ2n) is 4.62. The monoisotopic (exact) mass is 212 g/mol. The maximum atomic E-state index is 10.7. The molecule has 0 aromatic heterocycles. The lowest BCUT2D eigenvalue weighted by molar-refractivity contribution is -0.118. The minimum atomic E-state index is 0.0575. The molecule has 1 atom stereocenters. The molecule has 0 saturated heterocycles. The standard InChI is InChI=1S/C12H24N2O/c1-10(12-6-4-3-5-7-12)13-8-9-14-11(2)15/h10,12-13H,3-9H2,1-2H3,(H,14,15)/t10-/m1/s1. The molecule has 0 bridgehead atoms. The van der Waals surface area contributed by atoms with Gasteiger partial charge in [-0.1, -0.05) is 19.3 Å². The fourth-order valence-electron chi connectivity index (χ4n) is 2.34. The number of hydrogen-bond acceptors (Lipinski definition) is 2. The first-order valence-corrected chi connectivity index (χ1v) is 6.18. The zero-order valence-electron chi connectivity index (χ0n) is 10.0. The number of hydrogen-bond donors (Lipinski definition) is 2. The summed E-state index contributed by atoms with van der Waals surface area (Å²) in [6, 6.07) is 0.596. The molecule has 1 aliphatic carbocycles. The molecule has 1 amide bonds. The average molecular weight is 212 g/mol. The molecule has 0 radical (unpaired) electrons. The first-order chi connectivity index (χ1) is 7.20. The molecule has 0 heterocycles. The van der Waals surface area contributed by atoms with Crippen molar-refractivity contribution in [3.63, 3.8) is 0 Å². The van der Waals surface area contributed by atoms with Gasteiger partial charge in [-0.05, 0) is 25.7 Å². The summed E-state index contributed by atoms with van der Waals surface area (Å²) < 4.78 is 0. The predicted octanol–water partition coefficient (Wildman–Crippen LogP) is 1.68. The maximum Gasteiger partial charge on any atom is 0.216 e. The van der Waals surface area contributed by atoms with Crippen LogP contribution in [0.25, 0.3) is 0 Å². The van der Waals surface area contributed by atoms with Gasteiger partial charge in [0, 0.05) is 26.1 Å². The molecule has 1 rings (SSSR count). The van der Waals surface area contributed by atoms with Gasteiger partial charge in [0.25, 0.3) is 0 Å². The van der Waals surface area contributed by atoms with Gasteiger partial charge in [-0.15, -0.1) is 0 Å². The Labute approximate surface area is 93.0 Å². The van der Waals surface area contributed by atoms with Crippen LogP contribution in [-0.2, 0) is 4.79 Å². The Hall–Kier alpha value is -0.570. The van der Waals surface area contributed by atoms with Crippen molar-refractivity contribution < 1.29 is 4.79 Å². The molecule has 1 aliphatic rings. The van der Waals surface area contributed by atoms with Crippen molar-refractivity contribution in [2.75, 3.05) is 13.1 Å². The Bertz CT molecular complexity index is 188. The van der Waals surface area contributed by atoms with Gasteiger partial charge in [0.05, 0.1) is 0 Å². The number of carbonyl (C=O) groups is 1. The van der Waals surface area contributed by atoms with Crippen molar-refractivity contribution >= 4 is 5.91 Å². The molecular formula is C12H24N2O. The van der Waals surface area contributed by atoms with Crippen LogP contribution in [0.3, 0.4) is 0 Å². The van der Waals surface area contributed by atoms with Gasteiger partial charge in [-0.3, -0.25) is 4.79 Å². The summed E-state index contributed by atoms with van der Waals surface area (Å²) in [7, 11) is 0. The molecule has 0 aliphatic heterocycles. The molecule has 3 nitrogen and oxygen atoms in total. The smallest absolute Gasteiger partial charge is 0.216 e. The molecule has 0 aromatic rings. The van der Waals surface area contributed by atoms with E-state index in [1.165, 1.54) is 32.1 Å².